The Bertz CT molecular complexity index is 1010. The van der Waals surface area contributed by atoms with Gasteiger partial charge in [-0.1, -0.05) is 49.6 Å². The lowest BCUT2D eigenvalue weighted by Crippen LogP contribution is -2.40. The normalized spacial score (nSPS) is 16.0. The Morgan fingerprint density at radius 2 is 1.89 bits per heavy atom. The van der Waals surface area contributed by atoms with Crippen LogP contribution in [-0.2, 0) is 11.2 Å². The van der Waals surface area contributed by atoms with E-state index in [-0.39, 0.29) is 11.7 Å². The quantitative estimate of drug-likeness (QED) is 0.644. The fourth-order valence-electron chi connectivity index (χ4n) is 4.43. The standard InChI is InChI=1S/C24H26N2O2/c1-17-20-10-3-4-11-21(20)25-16-22(17)26-23(28)24(12-5-2-6-13-24)15-18-8-7-9-19(27)14-18/h3-4,7-11,14,16,27H,2,5-6,12-13,15H2,1H3,(H,26,28). The molecule has 2 N–H and O–H groups in total. The van der Waals surface area contributed by atoms with Gasteiger partial charge >= 0.3 is 0 Å². The number of benzene rings is 2. The molecule has 1 aromatic heterocycles. The maximum atomic E-state index is 13.5. The Labute approximate surface area is 165 Å². The van der Waals surface area contributed by atoms with E-state index < -0.39 is 5.41 Å². The van der Waals surface area contributed by atoms with Gasteiger partial charge in [-0.05, 0) is 55.5 Å². The Hall–Kier alpha value is -2.88. The van der Waals surface area contributed by atoms with Gasteiger partial charge in [-0.3, -0.25) is 9.78 Å². The number of fused-ring (bicyclic) bond motifs is 1. The molecule has 0 bridgehead atoms. The van der Waals surface area contributed by atoms with Crippen molar-refractivity contribution in [3.05, 3.63) is 65.9 Å². The Kier molecular flexibility index (Phi) is 5.03. The van der Waals surface area contributed by atoms with Crippen LogP contribution >= 0.6 is 0 Å². The third-order valence-corrected chi connectivity index (χ3v) is 6.04. The first kappa shape index (κ1) is 18.5. The van der Waals surface area contributed by atoms with Crippen molar-refractivity contribution in [1.82, 2.24) is 4.98 Å². The molecule has 0 saturated heterocycles. The van der Waals surface area contributed by atoms with Crippen LogP contribution < -0.4 is 5.32 Å². The van der Waals surface area contributed by atoms with Gasteiger partial charge in [0.15, 0.2) is 0 Å². The van der Waals surface area contributed by atoms with Crippen LogP contribution in [0.15, 0.2) is 54.7 Å². The lowest BCUT2D eigenvalue weighted by Gasteiger charge is -2.36. The summed E-state index contributed by atoms with van der Waals surface area (Å²) in [4.78, 5) is 18.0. The van der Waals surface area contributed by atoms with E-state index in [4.69, 9.17) is 0 Å². The van der Waals surface area contributed by atoms with Crippen LogP contribution in [0.5, 0.6) is 5.75 Å². The maximum Gasteiger partial charge on any atom is 0.230 e. The van der Waals surface area contributed by atoms with Gasteiger partial charge in [-0.2, -0.15) is 0 Å². The molecule has 0 atom stereocenters. The number of carbonyl (C=O) groups excluding carboxylic acids is 1. The van der Waals surface area contributed by atoms with E-state index >= 15 is 0 Å². The number of nitrogens with one attached hydrogen (secondary N) is 1. The number of aryl methyl sites for hydroxylation is 1. The minimum atomic E-state index is -0.440. The number of phenolic OH excluding ortho intramolecular Hbond substituents is 1. The molecule has 4 nitrogen and oxygen atoms in total. The van der Waals surface area contributed by atoms with Crippen LogP contribution in [0.1, 0.15) is 43.2 Å². The molecule has 1 saturated carbocycles. The second-order valence-corrected chi connectivity index (χ2v) is 7.96. The van der Waals surface area contributed by atoms with Crippen LogP contribution in [0.2, 0.25) is 0 Å². The van der Waals surface area contributed by atoms with Crippen molar-refractivity contribution in [1.29, 1.82) is 0 Å². The van der Waals surface area contributed by atoms with Crippen LogP contribution in [0.3, 0.4) is 0 Å². The van der Waals surface area contributed by atoms with Gasteiger partial charge in [0, 0.05) is 5.39 Å². The lowest BCUT2D eigenvalue weighted by atomic mass is 9.69. The Morgan fingerprint density at radius 1 is 1.11 bits per heavy atom. The zero-order valence-corrected chi connectivity index (χ0v) is 16.2. The van der Waals surface area contributed by atoms with Crippen molar-refractivity contribution in [2.45, 2.75) is 45.4 Å². The number of amides is 1. The molecule has 0 aliphatic heterocycles. The SMILES string of the molecule is Cc1c(NC(=O)C2(Cc3cccc(O)c3)CCCCC2)cnc2ccccc12. The number of anilines is 1. The summed E-state index contributed by atoms with van der Waals surface area (Å²) < 4.78 is 0. The number of hydrogen-bond donors (Lipinski definition) is 2. The highest BCUT2D eigenvalue weighted by molar-refractivity contribution is 5.98. The number of rotatable bonds is 4. The third-order valence-electron chi connectivity index (χ3n) is 6.04. The summed E-state index contributed by atoms with van der Waals surface area (Å²) in [6.45, 7) is 2.03. The van der Waals surface area contributed by atoms with Crippen molar-refractivity contribution in [3.63, 3.8) is 0 Å². The van der Waals surface area contributed by atoms with E-state index in [1.54, 1.807) is 18.3 Å². The van der Waals surface area contributed by atoms with Gasteiger partial charge in [0.25, 0.3) is 0 Å². The molecule has 1 heterocycles. The summed E-state index contributed by atoms with van der Waals surface area (Å²) in [6.07, 6.45) is 7.44. The van der Waals surface area contributed by atoms with Gasteiger partial charge in [-0.25, -0.2) is 0 Å². The molecule has 1 fully saturated rings. The summed E-state index contributed by atoms with van der Waals surface area (Å²) in [5, 5.41) is 14.1. The first-order chi connectivity index (χ1) is 13.6. The largest absolute Gasteiger partial charge is 0.508 e. The number of aromatic nitrogens is 1. The molecule has 0 unspecified atom stereocenters. The molecule has 144 valence electrons. The van der Waals surface area contributed by atoms with E-state index in [1.807, 2.05) is 43.3 Å². The number of nitrogens with zero attached hydrogens (tertiary/aromatic N) is 1. The van der Waals surface area contributed by atoms with Gasteiger partial charge in [0.05, 0.1) is 22.8 Å². The minimum absolute atomic E-state index is 0.0655. The number of para-hydroxylation sites is 1. The van der Waals surface area contributed by atoms with Gasteiger partial charge in [0.1, 0.15) is 5.75 Å². The summed E-state index contributed by atoms with van der Waals surface area (Å²) in [5.74, 6) is 0.314. The van der Waals surface area contributed by atoms with Crippen molar-refractivity contribution in [2.75, 3.05) is 5.32 Å². The summed E-state index contributed by atoms with van der Waals surface area (Å²) in [7, 11) is 0. The minimum Gasteiger partial charge on any atom is -0.508 e. The number of carbonyl (C=O) groups is 1. The predicted octanol–water partition coefficient (Wildman–Crippen LogP) is 5.38. The average Bonchev–Trinajstić information content (AvgIpc) is 2.71. The predicted molar refractivity (Wildman–Crippen MR) is 112 cm³/mol. The van der Waals surface area contributed by atoms with Crippen molar-refractivity contribution < 1.29 is 9.90 Å². The second kappa shape index (κ2) is 7.63. The fourth-order valence-corrected chi connectivity index (χ4v) is 4.43. The fraction of sp³-hybridized carbons (Fsp3) is 0.333. The zero-order valence-electron chi connectivity index (χ0n) is 16.2. The molecule has 1 aliphatic carbocycles. The van der Waals surface area contributed by atoms with E-state index in [0.29, 0.717) is 6.42 Å². The van der Waals surface area contributed by atoms with Crippen LogP contribution in [0.4, 0.5) is 5.69 Å². The van der Waals surface area contributed by atoms with E-state index in [0.717, 1.165) is 53.4 Å². The molecule has 28 heavy (non-hydrogen) atoms. The highest BCUT2D eigenvalue weighted by atomic mass is 16.3. The van der Waals surface area contributed by atoms with Gasteiger partial charge in [0.2, 0.25) is 5.91 Å². The van der Waals surface area contributed by atoms with Crippen molar-refractivity contribution in [2.24, 2.45) is 5.41 Å². The first-order valence-corrected chi connectivity index (χ1v) is 10.0. The molecule has 2 aromatic carbocycles. The third kappa shape index (κ3) is 3.59. The summed E-state index contributed by atoms with van der Waals surface area (Å²) >= 11 is 0. The molecular formula is C24H26N2O2. The monoisotopic (exact) mass is 374 g/mol. The average molecular weight is 374 g/mol. The molecule has 4 heteroatoms. The highest BCUT2D eigenvalue weighted by Gasteiger charge is 2.39. The highest BCUT2D eigenvalue weighted by Crippen LogP contribution is 2.41. The topological polar surface area (TPSA) is 62.2 Å². The summed E-state index contributed by atoms with van der Waals surface area (Å²) in [5.41, 5.74) is 3.33. The molecule has 1 aliphatic rings. The van der Waals surface area contributed by atoms with Gasteiger partial charge < -0.3 is 10.4 Å². The molecule has 0 radical (unpaired) electrons. The Balaban J connectivity index is 1.64. The zero-order chi connectivity index (χ0) is 19.6. The molecular weight excluding hydrogens is 348 g/mol. The van der Waals surface area contributed by atoms with Crippen molar-refractivity contribution >= 4 is 22.5 Å². The van der Waals surface area contributed by atoms with Crippen LogP contribution in [0, 0.1) is 12.3 Å². The molecule has 4 rings (SSSR count). The number of aromatic hydroxyl groups is 1. The number of hydrogen-bond acceptors (Lipinski definition) is 3. The second-order valence-electron chi connectivity index (χ2n) is 7.96. The smallest absolute Gasteiger partial charge is 0.230 e. The number of phenols is 1. The van der Waals surface area contributed by atoms with Gasteiger partial charge in [-0.15, -0.1) is 0 Å². The molecule has 0 spiro atoms. The van der Waals surface area contributed by atoms with Crippen molar-refractivity contribution in [3.8, 4) is 5.75 Å². The lowest BCUT2D eigenvalue weighted by molar-refractivity contribution is -0.127. The van der Waals surface area contributed by atoms with E-state index in [1.165, 1.54) is 6.42 Å². The van der Waals surface area contributed by atoms with Crippen LogP contribution in [-0.4, -0.2) is 16.0 Å². The Morgan fingerprint density at radius 3 is 2.68 bits per heavy atom. The maximum absolute atomic E-state index is 13.5. The first-order valence-electron chi connectivity index (χ1n) is 10.0. The van der Waals surface area contributed by atoms with Crippen LogP contribution in [0.25, 0.3) is 10.9 Å². The van der Waals surface area contributed by atoms with E-state index in [2.05, 4.69) is 10.3 Å². The number of pyridine rings is 1. The van der Waals surface area contributed by atoms with E-state index in [9.17, 15) is 9.90 Å². The molecule has 3 aromatic rings. The summed E-state index contributed by atoms with van der Waals surface area (Å²) in [6, 6.07) is 15.3. The molecule has 1 amide bonds.